The van der Waals surface area contributed by atoms with Gasteiger partial charge in [-0.3, -0.25) is 14.4 Å². The predicted molar refractivity (Wildman–Crippen MR) is 93.5 cm³/mol. The van der Waals surface area contributed by atoms with Gasteiger partial charge in [-0.2, -0.15) is 0 Å². The number of nitrogens with one attached hydrogen (secondary N) is 1. The molecular weight excluding hydrogens is 334 g/mol. The first-order valence-corrected chi connectivity index (χ1v) is 8.75. The topological polar surface area (TPSA) is 91.3 Å². The standard InChI is InChI=1S/C18H21N5O3/c1-12-19-15(6-16(24)20-12)18(26)23-9-13-7-22(8-14(13)10-23)17(25)11-21-4-2-3-5-21/h2-6,13-14H,7-11H2,1H3,(H,19,20,24)/t13-,14+. The summed E-state index contributed by atoms with van der Waals surface area (Å²) in [6.45, 7) is 4.57. The first kappa shape index (κ1) is 16.6. The Bertz CT molecular complexity index is 874. The molecule has 1 N–H and O–H groups in total. The molecule has 8 nitrogen and oxygen atoms in total. The summed E-state index contributed by atoms with van der Waals surface area (Å²) in [5, 5.41) is 0. The number of likely N-dealkylation sites (tertiary alicyclic amines) is 2. The maximum Gasteiger partial charge on any atom is 0.272 e. The smallest absolute Gasteiger partial charge is 0.272 e. The molecule has 26 heavy (non-hydrogen) atoms. The molecule has 2 fully saturated rings. The molecule has 0 aromatic carbocycles. The zero-order valence-electron chi connectivity index (χ0n) is 14.6. The summed E-state index contributed by atoms with van der Waals surface area (Å²) in [5.41, 5.74) is -0.131. The van der Waals surface area contributed by atoms with Crippen LogP contribution in [0.1, 0.15) is 16.3 Å². The molecule has 2 aliphatic heterocycles. The maximum absolute atomic E-state index is 12.6. The fourth-order valence-corrected chi connectivity index (χ4v) is 3.95. The Kier molecular flexibility index (Phi) is 4.10. The second-order valence-corrected chi connectivity index (χ2v) is 7.10. The summed E-state index contributed by atoms with van der Waals surface area (Å²) in [6.07, 6.45) is 3.76. The number of carbonyl (C=O) groups is 2. The Hall–Kier alpha value is -2.90. The molecule has 136 valence electrons. The molecule has 0 radical (unpaired) electrons. The molecule has 0 bridgehead atoms. The summed E-state index contributed by atoms with van der Waals surface area (Å²) in [5.74, 6) is 0.910. The number of rotatable bonds is 3. The number of amides is 2. The van der Waals surface area contributed by atoms with Crippen molar-refractivity contribution in [2.75, 3.05) is 26.2 Å². The minimum Gasteiger partial charge on any atom is -0.345 e. The van der Waals surface area contributed by atoms with Crippen LogP contribution in [0.4, 0.5) is 0 Å². The van der Waals surface area contributed by atoms with Crippen molar-refractivity contribution < 1.29 is 9.59 Å². The van der Waals surface area contributed by atoms with E-state index in [0.717, 1.165) is 0 Å². The average molecular weight is 355 g/mol. The summed E-state index contributed by atoms with van der Waals surface area (Å²) in [6, 6.07) is 5.05. The van der Waals surface area contributed by atoms with E-state index < -0.39 is 0 Å². The lowest BCUT2D eigenvalue weighted by molar-refractivity contribution is -0.131. The number of aromatic nitrogens is 3. The van der Waals surface area contributed by atoms with E-state index in [2.05, 4.69) is 9.97 Å². The fourth-order valence-electron chi connectivity index (χ4n) is 3.95. The third-order valence-electron chi connectivity index (χ3n) is 5.19. The van der Waals surface area contributed by atoms with Crippen LogP contribution in [0, 0.1) is 18.8 Å². The maximum atomic E-state index is 12.6. The molecular formula is C18H21N5O3. The summed E-state index contributed by atoms with van der Waals surface area (Å²) in [4.78, 5) is 47.0. The van der Waals surface area contributed by atoms with Crippen molar-refractivity contribution in [3.63, 3.8) is 0 Å². The number of carbonyl (C=O) groups excluding carboxylic acids is 2. The van der Waals surface area contributed by atoms with Crippen molar-refractivity contribution in [3.05, 3.63) is 52.5 Å². The van der Waals surface area contributed by atoms with Crippen LogP contribution in [-0.4, -0.2) is 62.3 Å². The highest BCUT2D eigenvalue weighted by molar-refractivity contribution is 5.92. The van der Waals surface area contributed by atoms with Crippen LogP contribution < -0.4 is 5.56 Å². The van der Waals surface area contributed by atoms with Gasteiger partial charge in [0.05, 0.1) is 0 Å². The Morgan fingerprint density at radius 2 is 1.73 bits per heavy atom. The van der Waals surface area contributed by atoms with Crippen molar-refractivity contribution in [1.29, 1.82) is 0 Å². The first-order chi connectivity index (χ1) is 12.5. The molecule has 0 saturated carbocycles. The largest absolute Gasteiger partial charge is 0.345 e. The molecule has 2 saturated heterocycles. The highest BCUT2D eigenvalue weighted by Crippen LogP contribution is 2.31. The molecule has 0 aliphatic carbocycles. The van der Waals surface area contributed by atoms with Gasteiger partial charge in [0.25, 0.3) is 11.5 Å². The Labute approximate surface area is 150 Å². The second-order valence-electron chi connectivity index (χ2n) is 7.10. The number of hydrogen-bond acceptors (Lipinski definition) is 4. The number of H-pyrrole nitrogens is 1. The van der Waals surface area contributed by atoms with E-state index in [4.69, 9.17) is 0 Å². The van der Waals surface area contributed by atoms with Crippen LogP contribution in [0.3, 0.4) is 0 Å². The van der Waals surface area contributed by atoms with Gasteiger partial charge < -0.3 is 19.4 Å². The molecule has 2 atom stereocenters. The van der Waals surface area contributed by atoms with Crippen LogP contribution in [0.5, 0.6) is 0 Å². The van der Waals surface area contributed by atoms with Crippen molar-refractivity contribution >= 4 is 11.8 Å². The molecule has 0 unspecified atom stereocenters. The van der Waals surface area contributed by atoms with Gasteiger partial charge in [-0.15, -0.1) is 0 Å². The van der Waals surface area contributed by atoms with Gasteiger partial charge in [0, 0.05) is 56.5 Å². The van der Waals surface area contributed by atoms with Crippen LogP contribution in [0.15, 0.2) is 35.4 Å². The number of fused-ring (bicyclic) bond motifs is 1. The zero-order valence-corrected chi connectivity index (χ0v) is 14.6. The summed E-state index contributed by atoms with van der Waals surface area (Å²) in [7, 11) is 0. The zero-order chi connectivity index (χ0) is 18.3. The third kappa shape index (κ3) is 3.14. The van der Waals surface area contributed by atoms with Crippen molar-refractivity contribution in [3.8, 4) is 0 Å². The van der Waals surface area contributed by atoms with Gasteiger partial charge in [0.15, 0.2) is 0 Å². The third-order valence-corrected chi connectivity index (χ3v) is 5.19. The lowest BCUT2D eigenvalue weighted by Crippen LogP contribution is -2.37. The number of aromatic amines is 1. The van der Waals surface area contributed by atoms with Crippen LogP contribution in [0.2, 0.25) is 0 Å². The van der Waals surface area contributed by atoms with Gasteiger partial charge in [-0.25, -0.2) is 4.98 Å². The van der Waals surface area contributed by atoms with E-state index in [1.54, 1.807) is 11.8 Å². The Morgan fingerprint density at radius 1 is 1.12 bits per heavy atom. The van der Waals surface area contributed by atoms with Crippen LogP contribution in [0.25, 0.3) is 0 Å². The lowest BCUT2D eigenvalue weighted by Gasteiger charge is -2.22. The SMILES string of the molecule is Cc1nc(C(=O)N2C[C@H]3CN(C(=O)Cn4cccc4)C[C@H]3C2)cc(=O)[nH]1. The highest BCUT2D eigenvalue weighted by Gasteiger charge is 2.43. The fraction of sp³-hybridized carbons (Fsp3) is 0.444. The van der Waals surface area contributed by atoms with Gasteiger partial charge >= 0.3 is 0 Å². The first-order valence-electron chi connectivity index (χ1n) is 8.75. The van der Waals surface area contributed by atoms with Gasteiger partial charge in [0.1, 0.15) is 18.1 Å². The van der Waals surface area contributed by atoms with E-state index in [-0.39, 0.29) is 34.9 Å². The van der Waals surface area contributed by atoms with E-state index in [1.165, 1.54) is 6.07 Å². The predicted octanol–water partition coefficient (Wildman–Crippen LogP) is 0.110. The summed E-state index contributed by atoms with van der Waals surface area (Å²) >= 11 is 0. The second kappa shape index (κ2) is 6.44. The molecule has 4 rings (SSSR count). The molecule has 8 heteroatoms. The number of hydrogen-bond donors (Lipinski definition) is 1. The summed E-state index contributed by atoms with van der Waals surface area (Å²) < 4.78 is 1.87. The normalized spacial score (nSPS) is 21.9. The van der Waals surface area contributed by atoms with Crippen LogP contribution in [-0.2, 0) is 11.3 Å². The van der Waals surface area contributed by atoms with Gasteiger partial charge in [0.2, 0.25) is 5.91 Å². The number of aryl methyl sites for hydroxylation is 1. The molecule has 2 aliphatic rings. The Morgan fingerprint density at radius 3 is 2.35 bits per heavy atom. The van der Waals surface area contributed by atoms with E-state index in [1.807, 2.05) is 34.0 Å². The molecule has 2 aromatic rings. The monoisotopic (exact) mass is 355 g/mol. The van der Waals surface area contributed by atoms with E-state index in [9.17, 15) is 14.4 Å². The quantitative estimate of drug-likeness (QED) is 0.846. The molecule has 4 heterocycles. The molecule has 2 aromatic heterocycles. The van der Waals surface area contributed by atoms with Crippen molar-refractivity contribution in [2.45, 2.75) is 13.5 Å². The van der Waals surface area contributed by atoms with Gasteiger partial charge in [-0.1, -0.05) is 0 Å². The Balaban J connectivity index is 1.38. The molecule has 2 amide bonds. The van der Waals surface area contributed by atoms with E-state index >= 15 is 0 Å². The minimum absolute atomic E-state index is 0.111. The van der Waals surface area contributed by atoms with Crippen molar-refractivity contribution in [2.24, 2.45) is 11.8 Å². The molecule has 0 spiro atoms. The van der Waals surface area contributed by atoms with E-state index in [0.29, 0.717) is 38.5 Å². The minimum atomic E-state index is -0.318. The average Bonchev–Trinajstić information content (AvgIpc) is 3.28. The lowest BCUT2D eigenvalue weighted by atomic mass is 10.0. The highest BCUT2D eigenvalue weighted by atomic mass is 16.2. The van der Waals surface area contributed by atoms with Gasteiger partial charge in [-0.05, 0) is 19.1 Å². The number of nitrogens with zero attached hydrogens (tertiary/aromatic N) is 4. The van der Waals surface area contributed by atoms with Crippen molar-refractivity contribution in [1.82, 2.24) is 24.3 Å². The van der Waals surface area contributed by atoms with Crippen LogP contribution >= 0.6 is 0 Å².